The van der Waals surface area contributed by atoms with E-state index in [-0.39, 0.29) is 5.92 Å². The van der Waals surface area contributed by atoms with Gasteiger partial charge in [-0.25, -0.2) is 0 Å². The molecule has 0 aromatic rings. The summed E-state index contributed by atoms with van der Waals surface area (Å²) in [4.78, 5) is 0. The van der Waals surface area contributed by atoms with Crippen molar-refractivity contribution in [1.82, 2.24) is 0 Å². The molecule has 1 aliphatic heterocycles. The monoisotopic (exact) mass is 234 g/mol. The highest BCUT2D eigenvalue weighted by molar-refractivity contribution is 4.72. The van der Waals surface area contributed by atoms with Crippen LogP contribution in [0.5, 0.6) is 0 Å². The van der Waals surface area contributed by atoms with Gasteiger partial charge in [0.15, 0.2) is 0 Å². The lowest BCUT2D eigenvalue weighted by molar-refractivity contribution is -0.0233. The van der Waals surface area contributed by atoms with E-state index in [0.717, 1.165) is 13.0 Å². The second kappa shape index (κ2) is 8.90. The lowest BCUT2D eigenvalue weighted by atomic mass is 10.0. The van der Waals surface area contributed by atoms with Crippen molar-refractivity contribution in [2.45, 2.75) is 12.5 Å². The van der Waals surface area contributed by atoms with Gasteiger partial charge in [0.1, 0.15) is 0 Å². The first kappa shape index (κ1) is 13.9. The van der Waals surface area contributed by atoms with Gasteiger partial charge in [-0.1, -0.05) is 0 Å². The van der Waals surface area contributed by atoms with Gasteiger partial charge in [-0.3, -0.25) is 0 Å². The molecule has 0 radical (unpaired) electrons. The maximum absolute atomic E-state index is 9.72. The molecule has 1 rings (SSSR count). The lowest BCUT2D eigenvalue weighted by Gasteiger charge is -2.16. The van der Waals surface area contributed by atoms with Crippen molar-refractivity contribution in [3.05, 3.63) is 0 Å². The molecular weight excluding hydrogens is 212 g/mol. The standard InChI is InChI=1S/C11H22O5/c1-13-4-5-14-6-7-16-9-11(12)10-2-3-15-8-10/h10-12H,2-9H2,1H3. The molecule has 0 bridgehead atoms. The van der Waals surface area contributed by atoms with E-state index in [1.807, 2.05) is 0 Å². The third-order valence-electron chi connectivity index (χ3n) is 2.60. The zero-order valence-corrected chi connectivity index (χ0v) is 9.89. The van der Waals surface area contributed by atoms with Gasteiger partial charge in [0.25, 0.3) is 0 Å². The first-order valence-corrected chi connectivity index (χ1v) is 5.75. The molecule has 0 aliphatic carbocycles. The largest absolute Gasteiger partial charge is 0.390 e. The van der Waals surface area contributed by atoms with Crippen LogP contribution < -0.4 is 0 Å². The van der Waals surface area contributed by atoms with E-state index in [1.165, 1.54) is 0 Å². The quantitative estimate of drug-likeness (QED) is 0.572. The van der Waals surface area contributed by atoms with Gasteiger partial charge in [0.2, 0.25) is 0 Å². The van der Waals surface area contributed by atoms with Crippen LogP contribution in [0.1, 0.15) is 6.42 Å². The van der Waals surface area contributed by atoms with Gasteiger partial charge in [-0.15, -0.1) is 0 Å². The molecular formula is C11H22O5. The van der Waals surface area contributed by atoms with Crippen molar-refractivity contribution in [2.75, 3.05) is 53.4 Å². The van der Waals surface area contributed by atoms with E-state index in [9.17, 15) is 5.11 Å². The lowest BCUT2D eigenvalue weighted by Crippen LogP contribution is -2.26. The van der Waals surface area contributed by atoms with E-state index >= 15 is 0 Å². The van der Waals surface area contributed by atoms with Crippen LogP contribution in [0.4, 0.5) is 0 Å². The van der Waals surface area contributed by atoms with Crippen LogP contribution >= 0.6 is 0 Å². The Hall–Kier alpha value is -0.200. The highest BCUT2D eigenvalue weighted by atomic mass is 16.5. The topological polar surface area (TPSA) is 57.2 Å². The Morgan fingerprint density at radius 1 is 1.25 bits per heavy atom. The van der Waals surface area contributed by atoms with Gasteiger partial charge >= 0.3 is 0 Å². The van der Waals surface area contributed by atoms with Gasteiger partial charge in [0, 0.05) is 19.6 Å². The van der Waals surface area contributed by atoms with Gasteiger partial charge in [0.05, 0.1) is 45.7 Å². The van der Waals surface area contributed by atoms with Crippen molar-refractivity contribution in [2.24, 2.45) is 5.92 Å². The molecule has 0 spiro atoms. The van der Waals surface area contributed by atoms with Gasteiger partial charge < -0.3 is 24.1 Å². The molecule has 1 fully saturated rings. The Morgan fingerprint density at radius 2 is 2.00 bits per heavy atom. The number of rotatable bonds is 9. The number of hydrogen-bond donors (Lipinski definition) is 1. The van der Waals surface area contributed by atoms with Crippen LogP contribution in [0.25, 0.3) is 0 Å². The summed E-state index contributed by atoms with van der Waals surface area (Å²) in [5.41, 5.74) is 0. The van der Waals surface area contributed by atoms with Crippen molar-refractivity contribution in [3.8, 4) is 0 Å². The minimum atomic E-state index is -0.415. The molecule has 1 heterocycles. The average molecular weight is 234 g/mol. The SMILES string of the molecule is COCCOCCOCC(O)C1CCOC1. The summed E-state index contributed by atoms with van der Waals surface area (Å²) in [5.74, 6) is 0.231. The van der Waals surface area contributed by atoms with E-state index in [2.05, 4.69) is 0 Å². The Balaban J connectivity index is 1.86. The summed E-state index contributed by atoms with van der Waals surface area (Å²) in [6, 6.07) is 0. The van der Waals surface area contributed by atoms with E-state index in [4.69, 9.17) is 18.9 Å². The fourth-order valence-electron chi connectivity index (χ4n) is 1.56. The van der Waals surface area contributed by atoms with Gasteiger partial charge in [-0.2, -0.15) is 0 Å². The molecule has 0 aromatic heterocycles. The zero-order valence-electron chi connectivity index (χ0n) is 9.89. The van der Waals surface area contributed by atoms with Crippen molar-refractivity contribution < 1.29 is 24.1 Å². The normalized spacial score (nSPS) is 22.5. The molecule has 5 heteroatoms. The van der Waals surface area contributed by atoms with Crippen molar-refractivity contribution in [3.63, 3.8) is 0 Å². The predicted molar refractivity (Wildman–Crippen MR) is 58.4 cm³/mol. The third kappa shape index (κ3) is 5.77. The Kier molecular flexibility index (Phi) is 7.71. The molecule has 1 N–H and O–H groups in total. The van der Waals surface area contributed by atoms with Crippen LogP contribution in [0.2, 0.25) is 0 Å². The first-order chi connectivity index (χ1) is 7.84. The number of ether oxygens (including phenoxy) is 4. The molecule has 1 aliphatic rings. The molecule has 1 saturated heterocycles. The van der Waals surface area contributed by atoms with Crippen LogP contribution in [-0.4, -0.2) is 64.6 Å². The van der Waals surface area contributed by atoms with Crippen LogP contribution in [0, 0.1) is 5.92 Å². The fourth-order valence-corrected chi connectivity index (χ4v) is 1.56. The fraction of sp³-hybridized carbons (Fsp3) is 1.00. The predicted octanol–water partition coefficient (Wildman–Crippen LogP) is 0.0634. The Morgan fingerprint density at radius 3 is 2.69 bits per heavy atom. The number of methoxy groups -OCH3 is 1. The summed E-state index contributed by atoms with van der Waals surface area (Å²) >= 11 is 0. The number of aliphatic hydroxyl groups is 1. The molecule has 0 aromatic carbocycles. The van der Waals surface area contributed by atoms with Crippen LogP contribution in [0.15, 0.2) is 0 Å². The summed E-state index contributed by atoms with van der Waals surface area (Å²) in [7, 11) is 1.64. The second-order valence-electron chi connectivity index (χ2n) is 3.87. The summed E-state index contributed by atoms with van der Waals surface area (Å²) < 4.78 is 20.6. The molecule has 2 unspecified atom stereocenters. The first-order valence-electron chi connectivity index (χ1n) is 5.75. The minimum Gasteiger partial charge on any atom is -0.390 e. The van der Waals surface area contributed by atoms with E-state index < -0.39 is 6.10 Å². The highest BCUT2D eigenvalue weighted by Crippen LogP contribution is 2.16. The molecule has 96 valence electrons. The summed E-state index contributed by atoms with van der Waals surface area (Å²) in [6.07, 6.45) is 0.510. The smallest absolute Gasteiger partial charge is 0.0824 e. The van der Waals surface area contributed by atoms with Crippen LogP contribution in [-0.2, 0) is 18.9 Å². The maximum atomic E-state index is 9.72. The molecule has 16 heavy (non-hydrogen) atoms. The zero-order chi connectivity index (χ0) is 11.6. The number of aliphatic hydroxyl groups excluding tert-OH is 1. The molecule has 0 saturated carbocycles. The molecule has 5 nitrogen and oxygen atoms in total. The van der Waals surface area contributed by atoms with Gasteiger partial charge in [-0.05, 0) is 6.42 Å². The highest BCUT2D eigenvalue weighted by Gasteiger charge is 2.23. The summed E-state index contributed by atoms with van der Waals surface area (Å²) in [5, 5.41) is 9.72. The third-order valence-corrected chi connectivity index (χ3v) is 2.60. The average Bonchev–Trinajstić information content (AvgIpc) is 2.81. The Labute approximate surface area is 96.6 Å². The number of hydrogen-bond acceptors (Lipinski definition) is 5. The van der Waals surface area contributed by atoms with Crippen LogP contribution in [0.3, 0.4) is 0 Å². The minimum absolute atomic E-state index is 0.231. The summed E-state index contributed by atoms with van der Waals surface area (Å²) in [6.45, 7) is 3.99. The van der Waals surface area contributed by atoms with Crippen molar-refractivity contribution in [1.29, 1.82) is 0 Å². The Bertz CT molecular complexity index is 158. The second-order valence-corrected chi connectivity index (χ2v) is 3.87. The molecule has 0 amide bonds. The molecule has 2 atom stereocenters. The van der Waals surface area contributed by atoms with Crippen molar-refractivity contribution >= 4 is 0 Å². The maximum Gasteiger partial charge on any atom is 0.0824 e. The van der Waals surface area contributed by atoms with E-state index in [0.29, 0.717) is 39.6 Å². The van der Waals surface area contributed by atoms with E-state index in [1.54, 1.807) is 7.11 Å².